The molecule has 1 aromatic rings. The van der Waals surface area contributed by atoms with Crippen molar-refractivity contribution in [2.45, 2.75) is 13.5 Å². The first-order valence-electron chi connectivity index (χ1n) is 3.69. The summed E-state index contributed by atoms with van der Waals surface area (Å²) in [5, 5.41) is 30.0. The van der Waals surface area contributed by atoms with Gasteiger partial charge in [0.1, 0.15) is 12.4 Å². The van der Waals surface area contributed by atoms with Crippen molar-refractivity contribution >= 4 is 0 Å². The van der Waals surface area contributed by atoms with Crippen LogP contribution in [0, 0.1) is 23.0 Å². The molecule has 0 radical (unpaired) electrons. The first-order valence-corrected chi connectivity index (χ1v) is 3.69. The van der Waals surface area contributed by atoms with E-state index < -0.39 is 0 Å². The third kappa shape index (κ3) is 15.5. The maximum absolute atomic E-state index is 8.24. The van der Waals surface area contributed by atoms with Crippen molar-refractivity contribution in [1.82, 2.24) is 4.57 Å². The third-order valence-electron chi connectivity index (χ3n) is 1.19. The van der Waals surface area contributed by atoms with Crippen molar-refractivity contribution in [2.24, 2.45) is 7.05 Å². The van der Waals surface area contributed by atoms with Crippen LogP contribution < -0.4 is 44.3 Å². The zero-order valence-corrected chi connectivity index (χ0v) is 11.0. The van der Waals surface area contributed by atoms with E-state index >= 15 is 0 Å². The van der Waals surface area contributed by atoms with Crippen LogP contribution in [0.3, 0.4) is 0 Å². The molecule has 0 N–H and O–H groups in total. The molecule has 0 unspecified atom stereocenters. The van der Waals surface area contributed by atoms with Crippen molar-refractivity contribution in [3.8, 4) is 12.5 Å². The number of imidazole rings is 1. The maximum atomic E-state index is 8.24. The Morgan fingerprint density at radius 1 is 1.33 bits per heavy atom. The Morgan fingerprint density at radius 2 is 1.73 bits per heavy atom. The predicted octanol–water partition coefficient (Wildman–Crippen LogP) is -5.01. The van der Waals surface area contributed by atoms with E-state index in [9.17, 15) is 0 Å². The van der Waals surface area contributed by atoms with E-state index in [1.165, 1.54) is 0 Å². The normalized spacial score (nSPS) is 6.13. The van der Waals surface area contributed by atoms with Gasteiger partial charge < -0.3 is 10.2 Å². The van der Waals surface area contributed by atoms with Gasteiger partial charge in [-0.15, -0.1) is 0 Å². The molecule has 0 spiro atoms. The first-order chi connectivity index (χ1) is 6.65. The molecule has 0 aliphatic heterocycles. The minimum Gasteiger partial charge on any atom is -0.812 e. The summed E-state index contributed by atoms with van der Waals surface area (Å²) in [5.74, 6) is 0. The molecule has 1 aromatic heterocycles. The summed E-state index contributed by atoms with van der Waals surface area (Å²) in [6, 6.07) is 0. The number of nitrogens with zero attached hydrogens (tertiary/aromatic N) is 4. The molecular formula is C8H11N4NaO2. The van der Waals surface area contributed by atoms with E-state index in [2.05, 4.69) is 24.0 Å². The predicted molar refractivity (Wildman–Crippen MR) is 42.5 cm³/mol. The van der Waals surface area contributed by atoms with Crippen LogP contribution in [0.1, 0.15) is 6.92 Å². The van der Waals surface area contributed by atoms with Gasteiger partial charge in [0.25, 0.3) is 0 Å². The van der Waals surface area contributed by atoms with Gasteiger partial charge in [0.05, 0.1) is 13.6 Å². The summed E-state index contributed by atoms with van der Waals surface area (Å²) in [6.45, 7) is 3.18. The van der Waals surface area contributed by atoms with Crippen molar-refractivity contribution < 1.29 is 44.3 Å². The standard InChI is InChI=1S/C6H11N2.2CHNO.Na/c1-3-8-5-4-7(2)6-8;2*2-1-3;/h4-6H,3H2,1-2H3;2*3H;/q+1;;;+1/p-2. The Labute approximate surface area is 111 Å². The number of hydrogen-bond acceptors (Lipinski definition) is 4. The first kappa shape index (κ1) is 19.4. The molecule has 0 saturated carbocycles. The SMILES string of the molecule is CCn1cc[n+](C)c1.N#C[O-].N#C[O-].[Na+]. The van der Waals surface area contributed by atoms with Gasteiger partial charge in [0.2, 0.25) is 6.33 Å². The summed E-state index contributed by atoms with van der Waals surface area (Å²) in [4.78, 5) is 0. The zero-order chi connectivity index (χ0) is 11.4. The van der Waals surface area contributed by atoms with Gasteiger partial charge in [-0.05, 0) is 6.92 Å². The monoisotopic (exact) mass is 218 g/mol. The molecule has 0 aliphatic rings. The fourth-order valence-electron chi connectivity index (χ4n) is 0.689. The van der Waals surface area contributed by atoms with Crippen molar-refractivity contribution in [1.29, 1.82) is 10.5 Å². The molecular weight excluding hydrogens is 207 g/mol. The van der Waals surface area contributed by atoms with Gasteiger partial charge in [-0.2, -0.15) is 0 Å². The third-order valence-corrected chi connectivity index (χ3v) is 1.19. The quantitative estimate of drug-likeness (QED) is 0.267. The average Bonchev–Trinajstić information content (AvgIpc) is 2.54. The number of hydrogen-bond donors (Lipinski definition) is 0. The van der Waals surface area contributed by atoms with Crippen LogP contribution in [0.5, 0.6) is 0 Å². The molecule has 1 heterocycles. The number of rotatable bonds is 1. The van der Waals surface area contributed by atoms with E-state index in [0.717, 1.165) is 6.54 Å². The Bertz CT molecular complexity index is 301. The summed E-state index contributed by atoms with van der Waals surface area (Å²) in [6.07, 6.45) is 7.14. The molecule has 76 valence electrons. The van der Waals surface area contributed by atoms with E-state index in [0.29, 0.717) is 12.5 Å². The second-order valence-electron chi connectivity index (χ2n) is 2.09. The molecule has 0 bridgehead atoms. The molecule has 0 amide bonds. The molecule has 15 heavy (non-hydrogen) atoms. The largest absolute Gasteiger partial charge is 1.00 e. The van der Waals surface area contributed by atoms with E-state index in [-0.39, 0.29) is 29.6 Å². The van der Waals surface area contributed by atoms with Crippen molar-refractivity contribution in [3.05, 3.63) is 18.7 Å². The van der Waals surface area contributed by atoms with Crippen LogP contribution in [-0.4, -0.2) is 4.57 Å². The Balaban J connectivity index is -0.000000177. The Hall–Kier alpha value is -1.21. The van der Waals surface area contributed by atoms with Crippen LogP contribution in [0.2, 0.25) is 0 Å². The van der Waals surface area contributed by atoms with Crippen LogP contribution in [0.25, 0.3) is 0 Å². The second-order valence-corrected chi connectivity index (χ2v) is 2.09. The van der Waals surface area contributed by atoms with E-state index in [1.807, 2.05) is 17.8 Å². The molecule has 0 atom stereocenters. The minimum atomic E-state index is 0. The maximum Gasteiger partial charge on any atom is 1.00 e. The summed E-state index contributed by atoms with van der Waals surface area (Å²) < 4.78 is 4.16. The van der Waals surface area contributed by atoms with Crippen molar-refractivity contribution in [3.63, 3.8) is 0 Å². The Morgan fingerprint density at radius 3 is 1.87 bits per heavy atom. The fraction of sp³-hybridized carbons (Fsp3) is 0.375. The smallest absolute Gasteiger partial charge is 0.812 e. The number of aryl methyl sites for hydroxylation is 2. The summed E-state index contributed by atoms with van der Waals surface area (Å²) in [5.41, 5.74) is 0. The van der Waals surface area contributed by atoms with Crippen LogP contribution >= 0.6 is 0 Å². The van der Waals surface area contributed by atoms with Gasteiger partial charge >= 0.3 is 29.6 Å². The van der Waals surface area contributed by atoms with Gasteiger partial charge in [0.15, 0.2) is 0 Å². The van der Waals surface area contributed by atoms with E-state index in [4.69, 9.17) is 20.7 Å². The number of aromatic nitrogens is 2. The molecule has 0 aromatic carbocycles. The Kier molecular flexibility index (Phi) is 19.7. The van der Waals surface area contributed by atoms with E-state index in [1.54, 1.807) is 0 Å². The molecule has 0 aliphatic carbocycles. The van der Waals surface area contributed by atoms with Gasteiger partial charge in [-0.3, -0.25) is 0 Å². The molecule has 7 heteroatoms. The minimum absolute atomic E-state index is 0. The fourth-order valence-corrected chi connectivity index (χ4v) is 0.689. The topological polar surface area (TPSA) is 103 Å². The van der Waals surface area contributed by atoms with Gasteiger partial charge in [0, 0.05) is 12.5 Å². The molecule has 6 nitrogen and oxygen atoms in total. The summed E-state index contributed by atoms with van der Waals surface area (Å²) in [7, 11) is 2.02. The van der Waals surface area contributed by atoms with Crippen LogP contribution in [0.15, 0.2) is 18.7 Å². The van der Waals surface area contributed by atoms with Crippen molar-refractivity contribution in [2.75, 3.05) is 0 Å². The average molecular weight is 218 g/mol. The van der Waals surface area contributed by atoms with Crippen LogP contribution in [0.4, 0.5) is 0 Å². The molecule has 1 rings (SSSR count). The molecule has 0 saturated heterocycles. The zero-order valence-electron chi connectivity index (χ0n) is 9.04. The summed E-state index contributed by atoms with van der Waals surface area (Å²) >= 11 is 0. The van der Waals surface area contributed by atoms with Gasteiger partial charge in [-0.25, -0.2) is 19.7 Å². The molecule has 0 fully saturated rings. The van der Waals surface area contributed by atoms with Crippen LogP contribution in [-0.2, 0) is 13.6 Å². The second kappa shape index (κ2) is 15.3. The number of nitriles is 2. The van der Waals surface area contributed by atoms with Gasteiger partial charge in [-0.1, -0.05) is 0 Å².